The second-order valence-corrected chi connectivity index (χ2v) is 22.6. The van der Waals surface area contributed by atoms with Gasteiger partial charge in [-0.25, -0.2) is 0 Å². The molecule has 0 spiro atoms. The van der Waals surface area contributed by atoms with Gasteiger partial charge in [0, 0.05) is 0 Å². The summed E-state index contributed by atoms with van der Waals surface area (Å²) in [6, 6.07) is 10.9. The molecule has 2 nitrogen and oxygen atoms in total. The van der Waals surface area contributed by atoms with E-state index in [2.05, 4.69) is 57.2 Å². The SMILES string of the molecule is CCC[CH2][Sn]([CH2]CCC)([CH2]CCC)/[C](=C/COCOC)Sc1ccccc1. The van der Waals surface area contributed by atoms with Crippen molar-refractivity contribution in [1.82, 2.24) is 0 Å². The van der Waals surface area contributed by atoms with E-state index in [4.69, 9.17) is 9.47 Å². The molecule has 0 radical (unpaired) electrons. The van der Waals surface area contributed by atoms with Crippen LogP contribution in [0.2, 0.25) is 13.3 Å². The molecule has 0 saturated heterocycles. The number of rotatable bonds is 16. The fourth-order valence-corrected chi connectivity index (χ4v) is 23.9. The van der Waals surface area contributed by atoms with Gasteiger partial charge in [0.1, 0.15) is 0 Å². The van der Waals surface area contributed by atoms with Crippen LogP contribution in [-0.2, 0) is 9.47 Å². The van der Waals surface area contributed by atoms with Crippen molar-refractivity contribution in [3.05, 3.63) is 39.3 Å². The van der Waals surface area contributed by atoms with Crippen molar-refractivity contribution in [1.29, 1.82) is 0 Å². The Kier molecular flexibility index (Phi) is 14.8. The molecule has 0 aliphatic rings. The van der Waals surface area contributed by atoms with Gasteiger partial charge in [0.05, 0.1) is 0 Å². The van der Waals surface area contributed by atoms with Crippen LogP contribution in [0.25, 0.3) is 0 Å². The molecule has 0 aliphatic heterocycles. The van der Waals surface area contributed by atoms with Crippen LogP contribution in [0.5, 0.6) is 0 Å². The molecule has 0 saturated carbocycles. The van der Waals surface area contributed by atoms with Gasteiger partial charge in [-0.2, -0.15) is 0 Å². The molecule has 27 heavy (non-hydrogen) atoms. The van der Waals surface area contributed by atoms with Crippen molar-refractivity contribution >= 4 is 30.1 Å². The maximum absolute atomic E-state index is 5.68. The fourth-order valence-electron chi connectivity index (χ4n) is 3.54. The average molecular weight is 499 g/mol. The summed E-state index contributed by atoms with van der Waals surface area (Å²) in [5, 5.41) is 0. The predicted octanol–water partition coefficient (Wildman–Crippen LogP) is 7.67. The van der Waals surface area contributed by atoms with E-state index in [0.29, 0.717) is 13.4 Å². The number of benzene rings is 1. The maximum atomic E-state index is 5.68. The van der Waals surface area contributed by atoms with E-state index in [1.807, 2.05) is 11.8 Å². The van der Waals surface area contributed by atoms with Crippen molar-refractivity contribution < 1.29 is 9.47 Å². The first kappa shape index (κ1) is 25.1. The van der Waals surface area contributed by atoms with Gasteiger partial charge in [0.25, 0.3) is 0 Å². The third-order valence-corrected chi connectivity index (χ3v) is 24.6. The Labute approximate surface area is 176 Å². The normalized spacial score (nSPS) is 12.5. The van der Waals surface area contributed by atoms with Crippen molar-refractivity contribution in [2.45, 2.75) is 77.5 Å². The minimum atomic E-state index is -2.45. The standard InChI is InChI=1S/C11H13O2S.3C4H9.Sn/c1-12-10-13-8-5-9-14-11-6-3-2-4-7-11;3*1-3-4-2;/h2-7H,8,10H2,1H3;3*1,3-4H2,2H3;. The zero-order valence-corrected chi connectivity index (χ0v) is 21.6. The summed E-state index contributed by atoms with van der Waals surface area (Å²) in [6.07, 6.45) is 10.5. The summed E-state index contributed by atoms with van der Waals surface area (Å²) in [5.41, 5.74) is 0. The van der Waals surface area contributed by atoms with Crippen LogP contribution < -0.4 is 0 Å². The van der Waals surface area contributed by atoms with Gasteiger partial charge in [-0.1, -0.05) is 0 Å². The van der Waals surface area contributed by atoms with Crippen LogP contribution in [0, 0.1) is 0 Å². The van der Waals surface area contributed by atoms with E-state index in [9.17, 15) is 0 Å². The van der Waals surface area contributed by atoms with Crippen LogP contribution in [0.1, 0.15) is 59.3 Å². The van der Waals surface area contributed by atoms with Gasteiger partial charge in [-0.05, 0) is 0 Å². The first-order valence-electron chi connectivity index (χ1n) is 10.7. The van der Waals surface area contributed by atoms with Crippen LogP contribution in [0.4, 0.5) is 0 Å². The fraction of sp³-hybridized carbons (Fsp3) is 0.652. The zero-order valence-electron chi connectivity index (χ0n) is 18.0. The van der Waals surface area contributed by atoms with Gasteiger partial charge >= 0.3 is 177 Å². The molecular formula is C23H40O2SSn. The minimum absolute atomic E-state index is 0.376. The summed E-state index contributed by atoms with van der Waals surface area (Å²) < 4.78 is 16.9. The molecule has 1 aromatic rings. The van der Waals surface area contributed by atoms with Crippen LogP contribution >= 0.6 is 11.8 Å². The number of thioether (sulfide) groups is 1. The molecule has 0 unspecified atom stereocenters. The summed E-state index contributed by atoms with van der Waals surface area (Å²) in [6.45, 7) is 8.07. The van der Waals surface area contributed by atoms with Gasteiger partial charge in [-0.3, -0.25) is 0 Å². The van der Waals surface area contributed by atoms with E-state index in [1.54, 1.807) is 10.0 Å². The molecule has 1 rings (SSSR count). The Morgan fingerprint density at radius 1 is 0.926 bits per heavy atom. The Morgan fingerprint density at radius 3 is 1.96 bits per heavy atom. The molecular weight excluding hydrogens is 459 g/mol. The van der Waals surface area contributed by atoms with Gasteiger partial charge in [0.15, 0.2) is 0 Å². The van der Waals surface area contributed by atoms with Gasteiger partial charge in [0.2, 0.25) is 0 Å². The molecule has 154 valence electrons. The molecule has 0 aliphatic carbocycles. The van der Waals surface area contributed by atoms with Crippen molar-refractivity contribution in [2.24, 2.45) is 0 Å². The number of hydrogen-bond donors (Lipinski definition) is 0. The number of methoxy groups -OCH3 is 1. The third kappa shape index (κ3) is 9.87. The first-order chi connectivity index (χ1) is 13.2. The van der Waals surface area contributed by atoms with Gasteiger partial charge in [-0.15, -0.1) is 0 Å². The van der Waals surface area contributed by atoms with E-state index in [-0.39, 0.29) is 0 Å². The summed E-state index contributed by atoms with van der Waals surface area (Å²) in [7, 11) is 1.69. The van der Waals surface area contributed by atoms with Crippen LogP contribution in [0.15, 0.2) is 44.2 Å². The van der Waals surface area contributed by atoms with Gasteiger partial charge < -0.3 is 0 Å². The Hall–Kier alpha value is 0.0287. The average Bonchev–Trinajstić information content (AvgIpc) is 2.71. The Morgan fingerprint density at radius 2 is 1.48 bits per heavy atom. The first-order valence-corrected chi connectivity index (χ1v) is 19.0. The summed E-state index contributed by atoms with van der Waals surface area (Å²) in [5.74, 6) is 0. The molecule has 0 aromatic heterocycles. The number of ether oxygens (including phenoxy) is 2. The number of hydrogen-bond acceptors (Lipinski definition) is 3. The van der Waals surface area contributed by atoms with E-state index in [0.717, 1.165) is 0 Å². The van der Waals surface area contributed by atoms with Crippen molar-refractivity contribution in [3.8, 4) is 0 Å². The summed E-state index contributed by atoms with van der Waals surface area (Å²) in [4.78, 5) is 1.38. The van der Waals surface area contributed by atoms with Crippen molar-refractivity contribution in [2.75, 3.05) is 20.5 Å². The molecule has 0 N–H and O–H groups in total. The predicted molar refractivity (Wildman–Crippen MR) is 123 cm³/mol. The molecule has 1 aromatic carbocycles. The molecule has 0 amide bonds. The second-order valence-electron chi connectivity index (χ2n) is 7.35. The molecule has 0 bridgehead atoms. The Balaban J connectivity index is 3.16. The zero-order chi connectivity index (χ0) is 19.8. The van der Waals surface area contributed by atoms with E-state index < -0.39 is 18.4 Å². The van der Waals surface area contributed by atoms with E-state index in [1.165, 1.54) is 56.7 Å². The molecule has 4 heteroatoms. The Bertz CT molecular complexity index is 483. The van der Waals surface area contributed by atoms with Crippen molar-refractivity contribution in [3.63, 3.8) is 0 Å². The topological polar surface area (TPSA) is 18.5 Å². The second kappa shape index (κ2) is 15.9. The summed E-state index contributed by atoms with van der Waals surface area (Å²) >= 11 is -0.413. The molecule has 0 heterocycles. The molecule has 0 fully saturated rings. The quantitative estimate of drug-likeness (QED) is 0.101. The van der Waals surface area contributed by atoms with E-state index >= 15 is 0 Å². The van der Waals surface area contributed by atoms with Crippen LogP contribution in [0.3, 0.4) is 0 Å². The monoisotopic (exact) mass is 500 g/mol. The third-order valence-electron chi connectivity index (χ3n) is 5.11. The molecule has 0 atom stereocenters. The number of unbranched alkanes of at least 4 members (excludes halogenated alkanes) is 3. The van der Waals surface area contributed by atoms with Crippen LogP contribution in [-0.4, -0.2) is 38.9 Å².